The van der Waals surface area contributed by atoms with E-state index in [2.05, 4.69) is 5.10 Å². The summed E-state index contributed by atoms with van der Waals surface area (Å²) in [6, 6.07) is 0. The molecule has 1 aliphatic heterocycles. The summed E-state index contributed by atoms with van der Waals surface area (Å²) >= 11 is 0. The first-order chi connectivity index (χ1) is 6.74. The third-order valence-corrected chi connectivity index (χ3v) is 2.45. The number of anilines is 2. The Balaban J connectivity index is 2.38. The minimum Gasteiger partial charge on any atom is -0.394 e. The lowest BCUT2D eigenvalue weighted by Gasteiger charge is -2.27. The first kappa shape index (κ1) is 9.05. The summed E-state index contributed by atoms with van der Waals surface area (Å²) in [7, 11) is 0. The molecule has 1 aromatic heterocycles. The largest absolute Gasteiger partial charge is 0.394 e. The normalized spacial score (nSPS) is 15.4. The van der Waals surface area contributed by atoms with Crippen LogP contribution in [0.5, 0.6) is 0 Å². The van der Waals surface area contributed by atoms with Crippen LogP contribution >= 0.6 is 0 Å². The van der Waals surface area contributed by atoms with E-state index >= 15 is 0 Å². The number of fused-ring (bicyclic) bond motifs is 1. The standard InChI is InChI=1S/C9H14N4O/c1-2-8(14)12-4-3-5-13-9(12)7(10)6-11-13/h6H,2-5,10H2,1H3. The molecule has 14 heavy (non-hydrogen) atoms. The molecule has 2 N–H and O–H groups in total. The molecule has 2 rings (SSSR count). The van der Waals surface area contributed by atoms with Crippen LogP contribution in [-0.4, -0.2) is 22.2 Å². The SMILES string of the molecule is CCC(=O)N1CCCn2ncc(N)c21. The van der Waals surface area contributed by atoms with Crippen molar-refractivity contribution in [2.24, 2.45) is 0 Å². The average Bonchev–Trinajstić information content (AvgIpc) is 2.59. The number of aryl methyl sites for hydroxylation is 1. The van der Waals surface area contributed by atoms with Crippen molar-refractivity contribution in [1.29, 1.82) is 0 Å². The van der Waals surface area contributed by atoms with E-state index in [-0.39, 0.29) is 5.91 Å². The van der Waals surface area contributed by atoms with E-state index in [1.807, 2.05) is 6.92 Å². The van der Waals surface area contributed by atoms with Gasteiger partial charge in [-0.2, -0.15) is 5.10 Å². The van der Waals surface area contributed by atoms with Gasteiger partial charge in [0.15, 0.2) is 5.82 Å². The van der Waals surface area contributed by atoms with Gasteiger partial charge in [0, 0.05) is 19.5 Å². The smallest absolute Gasteiger partial charge is 0.227 e. The zero-order valence-corrected chi connectivity index (χ0v) is 8.23. The highest BCUT2D eigenvalue weighted by atomic mass is 16.2. The molecule has 1 amide bonds. The Morgan fingerprint density at radius 2 is 2.43 bits per heavy atom. The van der Waals surface area contributed by atoms with Crippen molar-refractivity contribution in [2.45, 2.75) is 26.3 Å². The molecule has 0 bridgehead atoms. The second-order valence-corrected chi connectivity index (χ2v) is 3.40. The molecule has 0 fully saturated rings. The van der Waals surface area contributed by atoms with Crippen LogP contribution in [0.2, 0.25) is 0 Å². The summed E-state index contributed by atoms with van der Waals surface area (Å²) in [4.78, 5) is 13.3. The fourth-order valence-electron chi connectivity index (χ4n) is 1.77. The van der Waals surface area contributed by atoms with Crippen LogP contribution in [0.3, 0.4) is 0 Å². The Morgan fingerprint density at radius 3 is 3.14 bits per heavy atom. The van der Waals surface area contributed by atoms with Crippen LogP contribution in [0.15, 0.2) is 6.20 Å². The van der Waals surface area contributed by atoms with E-state index in [1.165, 1.54) is 0 Å². The number of nitrogens with zero attached hydrogens (tertiary/aromatic N) is 3. The van der Waals surface area contributed by atoms with Gasteiger partial charge in [-0.25, -0.2) is 4.68 Å². The number of carbonyl (C=O) groups is 1. The number of nitrogen functional groups attached to an aromatic ring is 1. The van der Waals surface area contributed by atoms with Crippen molar-refractivity contribution < 1.29 is 4.79 Å². The molecule has 0 saturated carbocycles. The highest BCUT2D eigenvalue weighted by Gasteiger charge is 2.24. The molecule has 76 valence electrons. The molecule has 5 heteroatoms. The third kappa shape index (κ3) is 1.25. The second kappa shape index (κ2) is 3.32. The molecule has 0 unspecified atom stereocenters. The van der Waals surface area contributed by atoms with E-state index in [0.29, 0.717) is 12.1 Å². The maximum atomic E-state index is 11.6. The van der Waals surface area contributed by atoms with Gasteiger partial charge in [0.05, 0.1) is 11.9 Å². The zero-order chi connectivity index (χ0) is 10.1. The number of amides is 1. The molecule has 1 aliphatic rings. The number of carbonyl (C=O) groups excluding carboxylic acids is 1. The van der Waals surface area contributed by atoms with Gasteiger partial charge < -0.3 is 5.73 Å². The summed E-state index contributed by atoms with van der Waals surface area (Å²) in [6.45, 7) is 3.45. The first-order valence-corrected chi connectivity index (χ1v) is 4.85. The van der Waals surface area contributed by atoms with Crippen LogP contribution < -0.4 is 10.6 Å². The van der Waals surface area contributed by atoms with E-state index in [4.69, 9.17) is 5.73 Å². The summed E-state index contributed by atoms with van der Waals surface area (Å²) in [5.41, 5.74) is 6.36. The van der Waals surface area contributed by atoms with Gasteiger partial charge in [0.25, 0.3) is 0 Å². The lowest BCUT2D eigenvalue weighted by atomic mass is 10.2. The number of rotatable bonds is 1. The Morgan fingerprint density at radius 1 is 1.64 bits per heavy atom. The molecule has 0 saturated heterocycles. The van der Waals surface area contributed by atoms with Gasteiger partial charge in [0.2, 0.25) is 5.91 Å². The van der Waals surface area contributed by atoms with E-state index in [9.17, 15) is 4.79 Å². The topological polar surface area (TPSA) is 64.2 Å². The van der Waals surface area contributed by atoms with Crippen molar-refractivity contribution in [3.05, 3.63) is 6.20 Å². The maximum Gasteiger partial charge on any atom is 0.227 e. The fraction of sp³-hybridized carbons (Fsp3) is 0.556. The predicted molar refractivity (Wildman–Crippen MR) is 53.9 cm³/mol. The summed E-state index contributed by atoms with van der Waals surface area (Å²) in [6.07, 6.45) is 3.06. The summed E-state index contributed by atoms with van der Waals surface area (Å²) < 4.78 is 1.80. The Bertz CT molecular complexity index is 358. The number of hydrogen-bond donors (Lipinski definition) is 1. The van der Waals surface area contributed by atoms with Gasteiger partial charge in [-0.15, -0.1) is 0 Å². The Labute approximate surface area is 82.5 Å². The minimum atomic E-state index is 0.109. The number of hydrogen-bond acceptors (Lipinski definition) is 3. The second-order valence-electron chi connectivity index (χ2n) is 3.40. The third-order valence-electron chi connectivity index (χ3n) is 2.45. The fourth-order valence-corrected chi connectivity index (χ4v) is 1.77. The van der Waals surface area contributed by atoms with Crippen molar-refractivity contribution in [3.63, 3.8) is 0 Å². The first-order valence-electron chi connectivity index (χ1n) is 4.85. The monoisotopic (exact) mass is 194 g/mol. The van der Waals surface area contributed by atoms with E-state index in [1.54, 1.807) is 15.8 Å². The van der Waals surface area contributed by atoms with Gasteiger partial charge >= 0.3 is 0 Å². The molecule has 0 aromatic carbocycles. The van der Waals surface area contributed by atoms with Crippen molar-refractivity contribution >= 4 is 17.4 Å². The zero-order valence-electron chi connectivity index (χ0n) is 8.23. The summed E-state index contributed by atoms with van der Waals surface area (Å²) in [5, 5.41) is 4.12. The van der Waals surface area contributed by atoms with Crippen molar-refractivity contribution in [2.75, 3.05) is 17.2 Å². The van der Waals surface area contributed by atoms with Gasteiger partial charge in [-0.1, -0.05) is 6.92 Å². The Kier molecular flexibility index (Phi) is 2.15. The molecule has 1 aromatic rings. The quantitative estimate of drug-likeness (QED) is 0.712. The molecular formula is C9H14N4O. The molecule has 0 radical (unpaired) electrons. The van der Waals surface area contributed by atoms with Crippen LogP contribution in [0.1, 0.15) is 19.8 Å². The lowest BCUT2D eigenvalue weighted by molar-refractivity contribution is -0.118. The predicted octanol–water partition coefficient (Wildman–Crippen LogP) is 0.612. The molecule has 2 heterocycles. The van der Waals surface area contributed by atoms with Crippen LogP contribution in [0, 0.1) is 0 Å². The molecule has 5 nitrogen and oxygen atoms in total. The van der Waals surface area contributed by atoms with Crippen LogP contribution in [0.4, 0.5) is 11.5 Å². The van der Waals surface area contributed by atoms with Crippen molar-refractivity contribution in [3.8, 4) is 0 Å². The van der Waals surface area contributed by atoms with E-state index in [0.717, 1.165) is 25.3 Å². The molecular weight excluding hydrogens is 180 g/mol. The molecule has 0 spiro atoms. The number of aromatic nitrogens is 2. The molecule has 0 aliphatic carbocycles. The van der Waals surface area contributed by atoms with E-state index < -0.39 is 0 Å². The highest BCUT2D eigenvalue weighted by molar-refractivity contribution is 5.95. The number of nitrogens with two attached hydrogens (primary N) is 1. The Hall–Kier alpha value is -1.52. The maximum absolute atomic E-state index is 11.6. The average molecular weight is 194 g/mol. The van der Waals surface area contributed by atoms with Crippen molar-refractivity contribution in [1.82, 2.24) is 9.78 Å². The highest BCUT2D eigenvalue weighted by Crippen LogP contribution is 2.27. The van der Waals surface area contributed by atoms with Gasteiger partial charge in [-0.3, -0.25) is 9.69 Å². The van der Waals surface area contributed by atoms with Crippen LogP contribution in [-0.2, 0) is 11.3 Å². The minimum absolute atomic E-state index is 0.109. The molecule has 0 atom stereocenters. The lowest BCUT2D eigenvalue weighted by Crippen LogP contribution is -2.37. The van der Waals surface area contributed by atoms with Crippen LogP contribution in [0.25, 0.3) is 0 Å². The van der Waals surface area contributed by atoms with Gasteiger partial charge in [-0.05, 0) is 6.42 Å². The summed E-state index contributed by atoms with van der Waals surface area (Å²) in [5.74, 6) is 0.876. The van der Waals surface area contributed by atoms with Gasteiger partial charge in [0.1, 0.15) is 0 Å².